The summed E-state index contributed by atoms with van der Waals surface area (Å²) >= 11 is 6.16. The predicted molar refractivity (Wildman–Crippen MR) is 101 cm³/mol. The summed E-state index contributed by atoms with van der Waals surface area (Å²) < 4.78 is 25.3. The molecule has 1 heterocycles. The molecule has 3 rings (SSSR count). The SMILES string of the molecule is Cc1ccc(NC(=O)c2ccc3c(c2)CC(C)N3S(C)(=O)=O)c(Cl)c1. The standard InChI is InChI=1S/C18H19ClN2O3S/c1-11-4-6-16(15(19)8-11)20-18(22)13-5-7-17-14(10-13)9-12(2)21(17)25(3,23)24/h4-8,10,12H,9H2,1-3H3,(H,20,22). The van der Waals surface area contributed by atoms with Crippen LogP contribution in [-0.4, -0.2) is 26.6 Å². The van der Waals surface area contributed by atoms with Crippen LogP contribution in [0.2, 0.25) is 5.02 Å². The molecular formula is C18H19ClN2O3S. The Morgan fingerprint density at radius 3 is 2.60 bits per heavy atom. The van der Waals surface area contributed by atoms with Crippen molar-refractivity contribution in [3.8, 4) is 0 Å². The van der Waals surface area contributed by atoms with Gasteiger partial charge in [-0.3, -0.25) is 9.10 Å². The number of aryl methyl sites for hydroxylation is 1. The van der Waals surface area contributed by atoms with Gasteiger partial charge in [0.1, 0.15) is 0 Å². The third-order valence-electron chi connectivity index (χ3n) is 4.22. The van der Waals surface area contributed by atoms with Crippen molar-refractivity contribution in [2.75, 3.05) is 15.9 Å². The van der Waals surface area contributed by atoms with E-state index in [0.717, 1.165) is 11.1 Å². The topological polar surface area (TPSA) is 66.5 Å². The second-order valence-electron chi connectivity index (χ2n) is 6.39. The zero-order chi connectivity index (χ0) is 18.4. The van der Waals surface area contributed by atoms with Gasteiger partial charge < -0.3 is 5.32 Å². The maximum Gasteiger partial charge on any atom is 0.255 e. The fourth-order valence-electron chi connectivity index (χ4n) is 3.17. The number of fused-ring (bicyclic) bond motifs is 1. The number of nitrogens with one attached hydrogen (secondary N) is 1. The Bertz CT molecular complexity index is 957. The van der Waals surface area contributed by atoms with E-state index >= 15 is 0 Å². The number of carbonyl (C=O) groups is 1. The Balaban J connectivity index is 1.88. The van der Waals surface area contributed by atoms with Gasteiger partial charge in [-0.25, -0.2) is 8.42 Å². The highest BCUT2D eigenvalue weighted by Gasteiger charge is 2.32. The lowest BCUT2D eigenvalue weighted by Crippen LogP contribution is -2.34. The van der Waals surface area contributed by atoms with E-state index < -0.39 is 10.0 Å². The minimum atomic E-state index is -3.34. The molecule has 1 aliphatic rings. The van der Waals surface area contributed by atoms with Gasteiger partial charge in [-0.05, 0) is 61.7 Å². The molecule has 1 unspecified atom stereocenters. The smallest absolute Gasteiger partial charge is 0.255 e. The molecule has 2 aromatic carbocycles. The highest BCUT2D eigenvalue weighted by molar-refractivity contribution is 7.92. The summed E-state index contributed by atoms with van der Waals surface area (Å²) in [4.78, 5) is 12.5. The normalized spacial score (nSPS) is 16.6. The van der Waals surface area contributed by atoms with Gasteiger partial charge in [-0.1, -0.05) is 17.7 Å². The maximum atomic E-state index is 12.5. The molecule has 1 amide bonds. The van der Waals surface area contributed by atoms with Gasteiger partial charge in [0, 0.05) is 11.6 Å². The number of rotatable bonds is 3. The van der Waals surface area contributed by atoms with Gasteiger partial charge in [0.05, 0.1) is 22.7 Å². The summed E-state index contributed by atoms with van der Waals surface area (Å²) in [5.41, 5.74) is 3.51. The van der Waals surface area contributed by atoms with Crippen molar-refractivity contribution in [1.82, 2.24) is 0 Å². The highest BCUT2D eigenvalue weighted by Crippen LogP contribution is 2.35. The lowest BCUT2D eigenvalue weighted by atomic mass is 10.1. The quantitative estimate of drug-likeness (QED) is 0.887. The van der Waals surface area contributed by atoms with Crippen LogP contribution < -0.4 is 9.62 Å². The van der Waals surface area contributed by atoms with Crippen molar-refractivity contribution in [1.29, 1.82) is 0 Å². The molecule has 0 radical (unpaired) electrons. The first kappa shape index (κ1) is 17.8. The van der Waals surface area contributed by atoms with Crippen LogP contribution >= 0.6 is 11.6 Å². The van der Waals surface area contributed by atoms with Crippen LogP contribution in [0.5, 0.6) is 0 Å². The molecule has 0 fully saturated rings. The fourth-order valence-corrected chi connectivity index (χ4v) is 4.71. The average Bonchev–Trinajstić information content (AvgIpc) is 2.84. The molecule has 0 spiro atoms. The summed E-state index contributed by atoms with van der Waals surface area (Å²) in [5, 5.41) is 3.27. The largest absolute Gasteiger partial charge is 0.321 e. The molecule has 0 saturated heterocycles. The molecule has 1 N–H and O–H groups in total. The van der Waals surface area contributed by atoms with Gasteiger partial charge in [0.2, 0.25) is 10.0 Å². The van der Waals surface area contributed by atoms with Crippen LogP contribution in [0.1, 0.15) is 28.4 Å². The Labute approximate surface area is 152 Å². The maximum absolute atomic E-state index is 12.5. The van der Waals surface area contributed by atoms with E-state index in [1.165, 1.54) is 10.6 Å². The highest BCUT2D eigenvalue weighted by atomic mass is 35.5. The summed E-state index contributed by atoms with van der Waals surface area (Å²) in [6, 6.07) is 10.3. The van der Waals surface area contributed by atoms with Gasteiger partial charge in [-0.15, -0.1) is 0 Å². The molecule has 0 aromatic heterocycles. The molecule has 1 aliphatic heterocycles. The van der Waals surface area contributed by atoms with Crippen LogP contribution in [0.4, 0.5) is 11.4 Å². The van der Waals surface area contributed by atoms with Crippen LogP contribution in [0.25, 0.3) is 0 Å². The summed E-state index contributed by atoms with van der Waals surface area (Å²) in [7, 11) is -3.34. The number of hydrogen-bond donors (Lipinski definition) is 1. The van der Waals surface area contributed by atoms with Crippen LogP contribution in [0.3, 0.4) is 0 Å². The lowest BCUT2D eigenvalue weighted by molar-refractivity contribution is 0.102. The zero-order valence-corrected chi connectivity index (χ0v) is 15.8. The van der Waals surface area contributed by atoms with Crippen molar-refractivity contribution < 1.29 is 13.2 Å². The Hall–Kier alpha value is -2.05. The van der Waals surface area contributed by atoms with Crippen molar-refractivity contribution in [2.45, 2.75) is 26.3 Å². The van der Waals surface area contributed by atoms with E-state index in [9.17, 15) is 13.2 Å². The minimum absolute atomic E-state index is 0.158. The van der Waals surface area contributed by atoms with Crippen LogP contribution in [0, 0.1) is 6.92 Å². The van der Waals surface area contributed by atoms with Crippen molar-refractivity contribution in [3.63, 3.8) is 0 Å². The number of sulfonamides is 1. The molecule has 0 aliphatic carbocycles. The van der Waals surface area contributed by atoms with E-state index in [2.05, 4.69) is 5.32 Å². The third-order valence-corrected chi connectivity index (χ3v) is 5.81. The number of anilines is 2. The van der Waals surface area contributed by atoms with Gasteiger partial charge in [0.25, 0.3) is 5.91 Å². The second-order valence-corrected chi connectivity index (χ2v) is 8.66. The Morgan fingerprint density at radius 1 is 1.24 bits per heavy atom. The first-order valence-electron chi connectivity index (χ1n) is 7.86. The molecule has 1 atom stereocenters. The summed E-state index contributed by atoms with van der Waals surface area (Å²) in [6.45, 7) is 3.78. The molecule has 7 heteroatoms. The fraction of sp³-hybridized carbons (Fsp3) is 0.278. The van der Waals surface area contributed by atoms with Crippen LogP contribution in [0.15, 0.2) is 36.4 Å². The van der Waals surface area contributed by atoms with E-state index in [1.807, 2.05) is 19.9 Å². The molecule has 0 saturated carbocycles. The number of nitrogens with zero attached hydrogens (tertiary/aromatic N) is 1. The Kier molecular flexibility index (Phi) is 4.51. The molecular weight excluding hydrogens is 360 g/mol. The molecule has 132 valence electrons. The van der Waals surface area contributed by atoms with Gasteiger partial charge in [0.15, 0.2) is 0 Å². The van der Waals surface area contributed by atoms with Gasteiger partial charge >= 0.3 is 0 Å². The first-order valence-corrected chi connectivity index (χ1v) is 10.1. The number of benzene rings is 2. The predicted octanol–water partition coefficient (Wildman–Crippen LogP) is 3.61. The second kappa shape index (κ2) is 6.35. The third kappa shape index (κ3) is 3.50. The monoisotopic (exact) mass is 378 g/mol. The van der Waals surface area contributed by atoms with Crippen LogP contribution in [-0.2, 0) is 16.4 Å². The van der Waals surface area contributed by atoms with Crippen molar-refractivity contribution in [3.05, 3.63) is 58.1 Å². The number of carbonyl (C=O) groups excluding carboxylic acids is 1. The van der Waals surface area contributed by atoms with Gasteiger partial charge in [-0.2, -0.15) is 0 Å². The van der Waals surface area contributed by atoms with E-state index in [4.69, 9.17) is 11.6 Å². The van der Waals surface area contributed by atoms with Crippen molar-refractivity contribution in [2.24, 2.45) is 0 Å². The van der Waals surface area contributed by atoms with Crippen molar-refractivity contribution >= 4 is 38.9 Å². The van der Waals surface area contributed by atoms with E-state index in [1.54, 1.807) is 30.3 Å². The molecule has 5 nitrogen and oxygen atoms in total. The lowest BCUT2D eigenvalue weighted by Gasteiger charge is -2.21. The zero-order valence-electron chi connectivity index (χ0n) is 14.2. The number of amides is 1. The number of halogens is 1. The average molecular weight is 379 g/mol. The molecule has 0 bridgehead atoms. The van der Waals surface area contributed by atoms with E-state index in [-0.39, 0.29) is 11.9 Å². The van der Waals surface area contributed by atoms with E-state index in [0.29, 0.717) is 28.4 Å². The Morgan fingerprint density at radius 2 is 1.96 bits per heavy atom. The molecule has 25 heavy (non-hydrogen) atoms. The summed E-state index contributed by atoms with van der Waals surface area (Å²) in [6.07, 6.45) is 1.77. The number of hydrogen-bond acceptors (Lipinski definition) is 3. The molecule has 2 aromatic rings. The first-order chi connectivity index (χ1) is 11.7. The summed E-state index contributed by atoms with van der Waals surface area (Å²) in [5.74, 6) is -0.279. The minimum Gasteiger partial charge on any atom is -0.321 e.